The lowest BCUT2D eigenvalue weighted by Crippen LogP contribution is -2.44. The lowest BCUT2D eigenvalue weighted by molar-refractivity contribution is 0.171. The Morgan fingerprint density at radius 3 is 2.70 bits per heavy atom. The van der Waals surface area contributed by atoms with Gasteiger partial charge in [-0.3, -0.25) is 4.57 Å². The molecule has 3 heterocycles. The van der Waals surface area contributed by atoms with Gasteiger partial charge in [0, 0.05) is 32.7 Å². The van der Waals surface area contributed by atoms with Crippen molar-refractivity contribution in [3.05, 3.63) is 48.3 Å². The summed E-state index contributed by atoms with van der Waals surface area (Å²) >= 11 is 0. The third kappa shape index (κ3) is 3.54. The molecule has 2 aliphatic heterocycles. The predicted octanol–water partition coefficient (Wildman–Crippen LogP) is 2.32. The first kappa shape index (κ1) is 18.7. The molecule has 0 saturated carbocycles. The van der Waals surface area contributed by atoms with Crippen LogP contribution in [-0.4, -0.2) is 66.9 Å². The summed E-state index contributed by atoms with van der Waals surface area (Å²) in [6, 6.07) is 11.5. The maximum atomic E-state index is 12.8. The third-order valence-electron chi connectivity index (χ3n) is 5.67. The van der Waals surface area contributed by atoms with Gasteiger partial charge < -0.3 is 24.6 Å². The van der Waals surface area contributed by atoms with Gasteiger partial charge in [0.15, 0.2) is 11.5 Å². The minimum absolute atomic E-state index is 0.206. The number of para-hydroxylation sites is 1. The van der Waals surface area contributed by atoms with Crippen LogP contribution in [0.25, 0.3) is 11.0 Å². The molecule has 156 valence electrons. The van der Waals surface area contributed by atoms with Crippen LogP contribution in [-0.2, 0) is 6.54 Å². The molecule has 1 N–H and O–H groups in total. The average molecular weight is 407 g/mol. The molecule has 8 nitrogen and oxygen atoms in total. The number of nitrogens with one attached hydrogen (secondary N) is 1. The molecule has 0 unspecified atom stereocenters. The van der Waals surface area contributed by atoms with Crippen molar-refractivity contribution in [2.45, 2.75) is 6.54 Å². The van der Waals surface area contributed by atoms with Crippen molar-refractivity contribution in [1.82, 2.24) is 19.8 Å². The summed E-state index contributed by atoms with van der Waals surface area (Å²) in [4.78, 5) is 22.1. The molecular weight excluding hydrogens is 382 g/mol. The van der Waals surface area contributed by atoms with Gasteiger partial charge in [0.05, 0.1) is 11.2 Å². The van der Waals surface area contributed by atoms with Crippen LogP contribution in [0.4, 0.5) is 10.5 Å². The average Bonchev–Trinajstić information content (AvgIpc) is 3.22. The van der Waals surface area contributed by atoms with Gasteiger partial charge in [-0.05, 0) is 36.9 Å². The molecule has 2 aliphatic rings. The smallest absolute Gasteiger partial charge is 0.327 e. The van der Waals surface area contributed by atoms with E-state index in [9.17, 15) is 4.79 Å². The van der Waals surface area contributed by atoms with Crippen LogP contribution in [0.5, 0.6) is 11.5 Å². The van der Waals surface area contributed by atoms with Crippen LogP contribution in [0.1, 0.15) is 5.56 Å². The number of carbonyl (C=O) groups is 1. The zero-order valence-electron chi connectivity index (χ0n) is 17.0. The lowest BCUT2D eigenvalue weighted by Gasteiger charge is -2.34. The number of anilines is 1. The van der Waals surface area contributed by atoms with Crippen molar-refractivity contribution < 1.29 is 14.3 Å². The molecule has 1 saturated heterocycles. The van der Waals surface area contributed by atoms with Crippen molar-refractivity contribution >= 4 is 22.8 Å². The highest BCUT2D eigenvalue weighted by Crippen LogP contribution is 2.31. The summed E-state index contributed by atoms with van der Waals surface area (Å²) in [7, 11) is 2.14. The van der Waals surface area contributed by atoms with Crippen molar-refractivity contribution in [2.24, 2.45) is 0 Å². The molecule has 3 aromatic rings. The maximum Gasteiger partial charge on any atom is 0.327 e. The fourth-order valence-electron chi connectivity index (χ4n) is 3.95. The Morgan fingerprint density at radius 1 is 1.07 bits per heavy atom. The number of hydrogen-bond acceptors (Lipinski definition) is 6. The van der Waals surface area contributed by atoms with Gasteiger partial charge in [0.25, 0.3) is 0 Å². The van der Waals surface area contributed by atoms with Crippen molar-refractivity contribution in [2.75, 3.05) is 51.3 Å². The predicted molar refractivity (Wildman–Crippen MR) is 115 cm³/mol. The van der Waals surface area contributed by atoms with Gasteiger partial charge in [0.2, 0.25) is 0 Å². The molecule has 0 bridgehead atoms. The normalized spacial score (nSPS) is 16.6. The zero-order chi connectivity index (χ0) is 20.5. The van der Waals surface area contributed by atoms with E-state index in [1.54, 1.807) is 10.9 Å². The highest BCUT2D eigenvalue weighted by molar-refractivity contribution is 5.95. The Hall–Kier alpha value is -3.26. The number of carbonyl (C=O) groups excluding carboxylic acids is 1. The maximum absolute atomic E-state index is 12.8. The molecule has 0 atom stereocenters. The Kier molecular flexibility index (Phi) is 4.92. The number of aromatic nitrogens is 2. The minimum Gasteiger partial charge on any atom is -0.486 e. The number of piperazine rings is 1. The third-order valence-corrected chi connectivity index (χ3v) is 5.67. The number of fused-ring (bicyclic) bond motifs is 2. The summed E-state index contributed by atoms with van der Waals surface area (Å²) < 4.78 is 12.7. The summed E-state index contributed by atoms with van der Waals surface area (Å²) in [5, 5.41) is 2.97. The molecule has 2 aromatic carbocycles. The lowest BCUT2D eigenvalue weighted by atomic mass is 10.2. The van der Waals surface area contributed by atoms with E-state index in [0.29, 0.717) is 19.8 Å². The Bertz CT molecular complexity index is 1070. The Labute approximate surface area is 175 Å². The Balaban J connectivity index is 1.32. The highest BCUT2D eigenvalue weighted by Gasteiger charge is 2.19. The molecule has 1 aromatic heterocycles. The van der Waals surface area contributed by atoms with E-state index >= 15 is 0 Å². The SMILES string of the molecule is CN1CCN(c2cccc3c2ncn3C(=O)NCc2ccc3c(c2)OCCO3)CC1. The van der Waals surface area contributed by atoms with Gasteiger partial charge in [-0.1, -0.05) is 12.1 Å². The topological polar surface area (TPSA) is 71.9 Å². The number of nitrogens with zero attached hydrogens (tertiary/aromatic N) is 4. The van der Waals surface area contributed by atoms with Gasteiger partial charge >= 0.3 is 6.03 Å². The quantitative estimate of drug-likeness (QED) is 0.719. The van der Waals surface area contributed by atoms with Gasteiger partial charge in [-0.25, -0.2) is 9.78 Å². The first-order valence-corrected chi connectivity index (χ1v) is 10.3. The first-order valence-electron chi connectivity index (χ1n) is 10.3. The van der Waals surface area contributed by atoms with Crippen LogP contribution < -0.4 is 19.7 Å². The molecule has 5 rings (SSSR count). The summed E-state index contributed by atoms with van der Waals surface area (Å²) in [6.45, 7) is 5.46. The largest absolute Gasteiger partial charge is 0.486 e. The van der Waals surface area contributed by atoms with Crippen LogP contribution in [0.2, 0.25) is 0 Å². The molecule has 30 heavy (non-hydrogen) atoms. The fourth-order valence-corrected chi connectivity index (χ4v) is 3.95. The van der Waals surface area contributed by atoms with Crippen LogP contribution in [0, 0.1) is 0 Å². The first-order chi connectivity index (χ1) is 14.7. The number of imidazole rings is 1. The van der Waals surface area contributed by atoms with Gasteiger partial charge in [-0.2, -0.15) is 0 Å². The minimum atomic E-state index is -0.206. The Morgan fingerprint density at radius 2 is 1.87 bits per heavy atom. The van der Waals surface area contributed by atoms with E-state index in [1.165, 1.54) is 0 Å². The molecule has 8 heteroatoms. The van der Waals surface area contributed by atoms with E-state index in [4.69, 9.17) is 9.47 Å². The molecular formula is C22H25N5O3. The van der Waals surface area contributed by atoms with Crippen molar-refractivity contribution in [3.63, 3.8) is 0 Å². The molecule has 0 radical (unpaired) electrons. The second-order valence-corrected chi connectivity index (χ2v) is 7.69. The van der Waals surface area contributed by atoms with E-state index in [-0.39, 0.29) is 6.03 Å². The highest BCUT2D eigenvalue weighted by atomic mass is 16.6. The molecule has 1 amide bonds. The van der Waals surface area contributed by atoms with Crippen molar-refractivity contribution in [3.8, 4) is 11.5 Å². The van der Waals surface area contributed by atoms with E-state index < -0.39 is 0 Å². The van der Waals surface area contributed by atoms with Gasteiger partial charge in [0.1, 0.15) is 25.1 Å². The second kappa shape index (κ2) is 7.87. The summed E-state index contributed by atoms with van der Waals surface area (Å²) in [5.41, 5.74) is 3.71. The second-order valence-electron chi connectivity index (χ2n) is 7.69. The van der Waals surface area contributed by atoms with Crippen LogP contribution in [0.15, 0.2) is 42.7 Å². The standard InChI is InChI=1S/C22H25N5O3/c1-25-7-9-26(10-8-25)17-3-2-4-18-21(17)24-15-27(18)22(28)23-14-16-5-6-19-20(13-16)30-12-11-29-19/h2-6,13,15H,7-12,14H2,1H3,(H,23,28). The zero-order valence-corrected chi connectivity index (χ0v) is 17.0. The number of hydrogen-bond donors (Lipinski definition) is 1. The fraction of sp³-hybridized carbons (Fsp3) is 0.364. The number of rotatable bonds is 3. The molecule has 0 aliphatic carbocycles. The van der Waals surface area contributed by atoms with E-state index in [0.717, 1.165) is 60.0 Å². The van der Waals surface area contributed by atoms with E-state index in [2.05, 4.69) is 33.2 Å². The van der Waals surface area contributed by atoms with Crippen LogP contribution >= 0.6 is 0 Å². The summed E-state index contributed by atoms with van der Waals surface area (Å²) in [5.74, 6) is 1.46. The molecule has 1 fully saturated rings. The number of ether oxygens (including phenoxy) is 2. The number of benzene rings is 2. The van der Waals surface area contributed by atoms with E-state index in [1.807, 2.05) is 30.3 Å². The summed E-state index contributed by atoms with van der Waals surface area (Å²) in [6.07, 6.45) is 1.60. The van der Waals surface area contributed by atoms with Gasteiger partial charge in [-0.15, -0.1) is 0 Å². The van der Waals surface area contributed by atoms with Crippen LogP contribution in [0.3, 0.4) is 0 Å². The van der Waals surface area contributed by atoms with Crippen molar-refractivity contribution in [1.29, 1.82) is 0 Å². The monoisotopic (exact) mass is 407 g/mol. The number of amides is 1. The number of likely N-dealkylation sites (N-methyl/N-ethyl adjacent to an activating group) is 1. The molecule has 0 spiro atoms.